The van der Waals surface area contributed by atoms with Gasteiger partial charge in [0, 0.05) is 10.0 Å². The quantitative estimate of drug-likeness (QED) is 0.248. The number of hydrogen-bond acceptors (Lipinski definition) is 6. The lowest BCUT2D eigenvalue weighted by molar-refractivity contribution is -0.127. The van der Waals surface area contributed by atoms with Gasteiger partial charge in [-0.3, -0.25) is 19.3 Å². The lowest BCUT2D eigenvalue weighted by Crippen LogP contribution is -2.36. The molecule has 0 aliphatic carbocycles. The molecule has 38 heavy (non-hydrogen) atoms. The van der Waals surface area contributed by atoms with Gasteiger partial charge < -0.3 is 14.8 Å². The van der Waals surface area contributed by atoms with E-state index < -0.39 is 23.6 Å². The van der Waals surface area contributed by atoms with Crippen LogP contribution in [0.4, 0.5) is 14.9 Å². The van der Waals surface area contributed by atoms with Gasteiger partial charge in [0.25, 0.3) is 11.1 Å². The minimum atomic E-state index is -0.573. The summed E-state index contributed by atoms with van der Waals surface area (Å²) < 4.78 is 26.8. The first-order valence-corrected chi connectivity index (χ1v) is 13.8. The molecule has 1 fully saturated rings. The van der Waals surface area contributed by atoms with Gasteiger partial charge in [-0.1, -0.05) is 30.3 Å². The monoisotopic (exact) mass is 662 g/mol. The number of para-hydroxylation sites is 1. The highest BCUT2D eigenvalue weighted by Crippen LogP contribution is 2.40. The van der Waals surface area contributed by atoms with Crippen molar-refractivity contribution in [2.45, 2.75) is 13.5 Å². The summed E-state index contributed by atoms with van der Waals surface area (Å²) in [6.45, 7) is 1.73. The van der Waals surface area contributed by atoms with E-state index >= 15 is 0 Å². The Morgan fingerprint density at radius 2 is 1.79 bits per heavy atom. The molecular formula is C27H21Br2FN2O5S. The van der Waals surface area contributed by atoms with Gasteiger partial charge in [0.05, 0.1) is 21.7 Å². The molecule has 4 rings (SSSR count). The molecule has 196 valence electrons. The molecule has 3 aromatic rings. The maximum atomic E-state index is 14.0. The minimum absolute atomic E-state index is 0.00873. The third-order valence-corrected chi connectivity index (χ3v) is 7.47. The van der Waals surface area contributed by atoms with E-state index in [4.69, 9.17) is 9.47 Å². The summed E-state index contributed by atoms with van der Waals surface area (Å²) in [6.07, 6.45) is 1.55. The first-order chi connectivity index (χ1) is 18.3. The number of benzene rings is 3. The average Bonchev–Trinajstić information content (AvgIpc) is 3.13. The molecule has 0 spiro atoms. The van der Waals surface area contributed by atoms with Crippen LogP contribution in [0, 0.1) is 5.82 Å². The predicted octanol–water partition coefficient (Wildman–Crippen LogP) is 7.00. The van der Waals surface area contributed by atoms with Gasteiger partial charge >= 0.3 is 0 Å². The lowest BCUT2D eigenvalue weighted by atomic mass is 10.1. The fraction of sp³-hybridized carbons (Fsp3) is 0.148. The van der Waals surface area contributed by atoms with Crippen molar-refractivity contribution in [2.75, 3.05) is 18.5 Å². The number of halogens is 3. The standard InChI is InChI=1S/C27H21Br2FN2O5S/c1-2-36-22-12-16(11-19(29)25(22)37-15-17-7-3-5-9-20(17)30)13-23-26(34)32(27(35)38-23)14-24(33)31-21-10-6-4-8-18(21)28/h3-13H,2,14-15H2,1H3,(H,31,33)/b23-13-. The molecule has 3 aromatic carbocycles. The number of anilines is 1. The Hall–Kier alpha value is -3.15. The molecule has 0 unspecified atom stereocenters. The van der Waals surface area contributed by atoms with Crippen LogP contribution in [0.5, 0.6) is 11.5 Å². The molecule has 0 bridgehead atoms. The van der Waals surface area contributed by atoms with Gasteiger partial charge in [0.15, 0.2) is 11.5 Å². The fourth-order valence-electron chi connectivity index (χ4n) is 3.52. The van der Waals surface area contributed by atoms with E-state index in [-0.39, 0.29) is 17.3 Å². The second kappa shape index (κ2) is 12.6. The van der Waals surface area contributed by atoms with Crippen molar-refractivity contribution in [3.05, 3.63) is 91.5 Å². The van der Waals surface area contributed by atoms with E-state index in [0.29, 0.717) is 43.9 Å². The highest BCUT2D eigenvalue weighted by atomic mass is 79.9. The van der Waals surface area contributed by atoms with Gasteiger partial charge in [-0.2, -0.15) is 0 Å². The van der Waals surface area contributed by atoms with Crippen LogP contribution in [-0.4, -0.2) is 35.1 Å². The summed E-state index contributed by atoms with van der Waals surface area (Å²) >= 11 is 7.56. The first-order valence-electron chi connectivity index (χ1n) is 11.4. The van der Waals surface area contributed by atoms with E-state index in [1.807, 2.05) is 6.92 Å². The Morgan fingerprint density at radius 3 is 2.53 bits per heavy atom. The van der Waals surface area contributed by atoms with Gasteiger partial charge in [-0.25, -0.2) is 4.39 Å². The molecule has 0 saturated carbocycles. The van der Waals surface area contributed by atoms with Crippen LogP contribution < -0.4 is 14.8 Å². The topological polar surface area (TPSA) is 84.9 Å². The first kappa shape index (κ1) is 27.9. The van der Waals surface area contributed by atoms with Crippen LogP contribution in [0.3, 0.4) is 0 Å². The van der Waals surface area contributed by atoms with Gasteiger partial charge in [0.2, 0.25) is 5.91 Å². The van der Waals surface area contributed by atoms with E-state index in [0.717, 1.165) is 16.7 Å². The van der Waals surface area contributed by atoms with Crippen LogP contribution in [-0.2, 0) is 16.2 Å². The highest BCUT2D eigenvalue weighted by molar-refractivity contribution is 9.11. The molecule has 1 aliphatic rings. The average molecular weight is 664 g/mol. The van der Waals surface area contributed by atoms with Gasteiger partial charge in [-0.05, 0) is 92.5 Å². The molecule has 1 heterocycles. The molecule has 1 N–H and O–H groups in total. The second-order valence-electron chi connectivity index (χ2n) is 7.94. The SMILES string of the molecule is CCOc1cc(/C=C2\SC(=O)N(CC(=O)Nc3ccccc3Br)C2=O)cc(Br)c1OCc1ccccc1F. The number of hydrogen-bond donors (Lipinski definition) is 1. The Kier molecular flexibility index (Phi) is 9.24. The Labute approximate surface area is 239 Å². The van der Waals surface area contributed by atoms with E-state index in [9.17, 15) is 18.8 Å². The second-order valence-corrected chi connectivity index (χ2v) is 10.6. The number of imide groups is 1. The van der Waals surface area contributed by atoms with Crippen molar-refractivity contribution < 1.29 is 28.2 Å². The van der Waals surface area contributed by atoms with Crippen molar-refractivity contribution in [1.82, 2.24) is 4.90 Å². The van der Waals surface area contributed by atoms with Crippen LogP contribution in [0.25, 0.3) is 6.08 Å². The van der Waals surface area contributed by atoms with Gasteiger partial charge in [-0.15, -0.1) is 0 Å². The van der Waals surface area contributed by atoms with Crippen molar-refractivity contribution in [2.24, 2.45) is 0 Å². The number of ether oxygens (including phenoxy) is 2. The predicted molar refractivity (Wildman–Crippen MR) is 151 cm³/mol. The Balaban J connectivity index is 1.50. The number of carbonyl (C=O) groups excluding carboxylic acids is 3. The number of nitrogens with zero attached hydrogens (tertiary/aromatic N) is 1. The summed E-state index contributed by atoms with van der Waals surface area (Å²) in [6, 6.07) is 16.7. The molecule has 3 amide bonds. The number of amides is 3. The highest BCUT2D eigenvalue weighted by Gasteiger charge is 2.36. The number of nitrogens with one attached hydrogen (secondary N) is 1. The summed E-state index contributed by atoms with van der Waals surface area (Å²) in [4.78, 5) is 39.0. The number of rotatable bonds is 9. The van der Waals surface area contributed by atoms with E-state index in [1.54, 1.807) is 60.7 Å². The smallest absolute Gasteiger partial charge is 0.294 e. The van der Waals surface area contributed by atoms with E-state index in [1.165, 1.54) is 6.07 Å². The molecule has 1 saturated heterocycles. The van der Waals surface area contributed by atoms with Crippen LogP contribution >= 0.6 is 43.6 Å². The maximum absolute atomic E-state index is 14.0. The van der Waals surface area contributed by atoms with Crippen LogP contribution in [0.2, 0.25) is 0 Å². The van der Waals surface area contributed by atoms with Crippen LogP contribution in [0.15, 0.2) is 74.5 Å². The van der Waals surface area contributed by atoms with E-state index in [2.05, 4.69) is 37.2 Å². The molecule has 0 aromatic heterocycles. The summed E-state index contributed by atoms with van der Waals surface area (Å²) in [5.74, 6) is -0.686. The molecule has 0 radical (unpaired) electrons. The molecular weight excluding hydrogens is 643 g/mol. The van der Waals surface area contributed by atoms with Crippen LogP contribution in [0.1, 0.15) is 18.1 Å². The largest absolute Gasteiger partial charge is 0.490 e. The minimum Gasteiger partial charge on any atom is -0.490 e. The third-order valence-electron chi connectivity index (χ3n) is 5.28. The lowest BCUT2D eigenvalue weighted by Gasteiger charge is -2.15. The Bertz CT molecular complexity index is 1430. The van der Waals surface area contributed by atoms with Crippen molar-refractivity contribution in [3.8, 4) is 11.5 Å². The Morgan fingerprint density at radius 1 is 1.05 bits per heavy atom. The van der Waals surface area contributed by atoms with Crippen molar-refractivity contribution in [3.63, 3.8) is 0 Å². The fourth-order valence-corrected chi connectivity index (χ4v) is 5.32. The normalized spacial score (nSPS) is 14.2. The molecule has 1 aliphatic heterocycles. The maximum Gasteiger partial charge on any atom is 0.294 e. The zero-order chi connectivity index (χ0) is 27.2. The molecule has 7 nitrogen and oxygen atoms in total. The summed E-state index contributed by atoms with van der Waals surface area (Å²) in [7, 11) is 0. The van der Waals surface area contributed by atoms with Gasteiger partial charge in [0.1, 0.15) is 19.0 Å². The third kappa shape index (κ3) is 6.64. The van der Waals surface area contributed by atoms with Crippen molar-refractivity contribution >= 4 is 72.4 Å². The van der Waals surface area contributed by atoms with Crippen molar-refractivity contribution in [1.29, 1.82) is 0 Å². The number of carbonyl (C=O) groups is 3. The summed E-state index contributed by atoms with van der Waals surface area (Å²) in [5, 5.41) is 2.14. The molecule has 11 heteroatoms. The zero-order valence-corrected chi connectivity index (χ0v) is 24.0. The summed E-state index contributed by atoms with van der Waals surface area (Å²) in [5.41, 5.74) is 1.50. The number of thioether (sulfide) groups is 1. The zero-order valence-electron chi connectivity index (χ0n) is 20.0. The molecule has 0 atom stereocenters.